The second-order valence-electron chi connectivity index (χ2n) is 5.25. The minimum absolute atomic E-state index is 0.806. The van der Waals surface area contributed by atoms with E-state index in [9.17, 15) is 0 Å². The van der Waals surface area contributed by atoms with E-state index in [2.05, 4.69) is 24.2 Å². The molecule has 16 heavy (non-hydrogen) atoms. The predicted octanol–water partition coefficient (Wildman–Crippen LogP) is 3.03. The van der Waals surface area contributed by atoms with Gasteiger partial charge in [-0.25, -0.2) is 0 Å². The smallest absolute Gasteiger partial charge is 0.0229 e. The molecule has 0 spiro atoms. The van der Waals surface area contributed by atoms with Gasteiger partial charge in [0.1, 0.15) is 0 Å². The first-order valence-corrected chi connectivity index (χ1v) is 7.25. The van der Waals surface area contributed by atoms with Crippen LogP contribution in [0, 0.1) is 0 Å². The van der Waals surface area contributed by atoms with Gasteiger partial charge in [-0.2, -0.15) is 0 Å². The Morgan fingerprint density at radius 1 is 1.06 bits per heavy atom. The molecule has 0 saturated carbocycles. The van der Waals surface area contributed by atoms with Crippen molar-refractivity contribution < 1.29 is 0 Å². The predicted molar refractivity (Wildman–Crippen MR) is 71.9 cm³/mol. The molecule has 1 fully saturated rings. The molecule has 1 aliphatic heterocycles. The summed E-state index contributed by atoms with van der Waals surface area (Å²) in [6, 6.07) is 0.806. The third kappa shape index (κ3) is 5.86. The van der Waals surface area contributed by atoms with Crippen LogP contribution in [0.25, 0.3) is 0 Å². The van der Waals surface area contributed by atoms with E-state index in [-0.39, 0.29) is 0 Å². The summed E-state index contributed by atoms with van der Waals surface area (Å²) in [4.78, 5) is 2.55. The minimum atomic E-state index is 0.806. The van der Waals surface area contributed by atoms with Gasteiger partial charge >= 0.3 is 0 Å². The fourth-order valence-electron chi connectivity index (χ4n) is 2.52. The number of rotatable bonds is 9. The van der Waals surface area contributed by atoms with Gasteiger partial charge in [0.15, 0.2) is 0 Å². The largest absolute Gasteiger partial charge is 0.315 e. The third-order valence-corrected chi connectivity index (χ3v) is 3.77. The summed E-state index contributed by atoms with van der Waals surface area (Å²) < 4.78 is 0. The molecule has 1 heterocycles. The van der Waals surface area contributed by atoms with E-state index in [1.54, 1.807) is 0 Å². The van der Waals surface area contributed by atoms with Crippen molar-refractivity contribution in [1.29, 1.82) is 0 Å². The molecule has 1 atom stereocenters. The number of unbranched alkanes of at least 4 members (excludes halogenated alkanes) is 6. The Kier molecular flexibility index (Phi) is 7.87. The van der Waals surface area contributed by atoms with Crippen molar-refractivity contribution in [1.82, 2.24) is 10.2 Å². The van der Waals surface area contributed by atoms with E-state index < -0.39 is 0 Å². The number of hydrogen-bond donors (Lipinski definition) is 1. The maximum Gasteiger partial charge on any atom is 0.0229 e. The molecule has 1 unspecified atom stereocenters. The fourth-order valence-corrected chi connectivity index (χ4v) is 2.52. The van der Waals surface area contributed by atoms with Gasteiger partial charge < -0.3 is 10.2 Å². The zero-order chi connectivity index (χ0) is 11.6. The molecule has 0 aromatic heterocycles. The van der Waals surface area contributed by atoms with Gasteiger partial charge in [0, 0.05) is 12.6 Å². The molecule has 1 saturated heterocycles. The summed E-state index contributed by atoms with van der Waals surface area (Å²) in [6.45, 7) is 5.99. The monoisotopic (exact) mass is 226 g/mol. The van der Waals surface area contributed by atoms with Crippen molar-refractivity contribution in [3.63, 3.8) is 0 Å². The molecule has 0 aromatic carbocycles. The Hall–Kier alpha value is -0.0800. The molecule has 0 aliphatic carbocycles. The van der Waals surface area contributed by atoms with Gasteiger partial charge in [-0.15, -0.1) is 0 Å². The number of nitrogens with zero attached hydrogens (tertiary/aromatic N) is 1. The van der Waals surface area contributed by atoms with Crippen molar-refractivity contribution in [3.05, 3.63) is 0 Å². The molecule has 1 rings (SSSR count). The van der Waals surface area contributed by atoms with E-state index in [0.717, 1.165) is 6.04 Å². The van der Waals surface area contributed by atoms with E-state index in [0.29, 0.717) is 0 Å². The third-order valence-electron chi connectivity index (χ3n) is 3.77. The molecule has 96 valence electrons. The Morgan fingerprint density at radius 2 is 1.75 bits per heavy atom. The van der Waals surface area contributed by atoms with Crippen LogP contribution in [0.1, 0.15) is 58.3 Å². The van der Waals surface area contributed by atoms with Crippen LogP contribution in [0.2, 0.25) is 0 Å². The van der Waals surface area contributed by atoms with E-state index in [1.807, 2.05) is 0 Å². The fraction of sp³-hybridized carbons (Fsp3) is 1.00. The van der Waals surface area contributed by atoms with Crippen LogP contribution in [0.3, 0.4) is 0 Å². The lowest BCUT2D eigenvalue weighted by Gasteiger charge is -2.23. The Balaban J connectivity index is 1.86. The quantitative estimate of drug-likeness (QED) is 0.608. The molecular formula is C14H30N2. The van der Waals surface area contributed by atoms with Crippen LogP contribution >= 0.6 is 0 Å². The molecule has 0 aromatic rings. The van der Waals surface area contributed by atoms with Crippen molar-refractivity contribution in [3.8, 4) is 0 Å². The van der Waals surface area contributed by atoms with Gasteiger partial charge in [-0.05, 0) is 33.0 Å². The van der Waals surface area contributed by atoms with Crippen LogP contribution in [0.15, 0.2) is 0 Å². The highest BCUT2D eigenvalue weighted by molar-refractivity contribution is 4.78. The normalized spacial score (nSPS) is 20.8. The molecule has 2 nitrogen and oxygen atoms in total. The first-order valence-electron chi connectivity index (χ1n) is 7.25. The van der Waals surface area contributed by atoms with Crippen molar-refractivity contribution in [2.75, 3.05) is 26.7 Å². The zero-order valence-corrected chi connectivity index (χ0v) is 11.3. The average molecular weight is 226 g/mol. The molecule has 2 heteroatoms. The number of nitrogens with one attached hydrogen (secondary N) is 1. The van der Waals surface area contributed by atoms with Crippen LogP contribution in [0.5, 0.6) is 0 Å². The highest BCUT2D eigenvalue weighted by atomic mass is 15.2. The molecule has 0 amide bonds. The van der Waals surface area contributed by atoms with E-state index in [4.69, 9.17) is 0 Å². The van der Waals surface area contributed by atoms with Gasteiger partial charge in [-0.1, -0.05) is 45.4 Å². The Morgan fingerprint density at radius 3 is 2.38 bits per heavy atom. The summed E-state index contributed by atoms with van der Waals surface area (Å²) in [7, 11) is 2.29. The molecular weight excluding hydrogens is 196 g/mol. The van der Waals surface area contributed by atoms with Crippen LogP contribution < -0.4 is 5.32 Å². The van der Waals surface area contributed by atoms with E-state index >= 15 is 0 Å². The molecule has 1 aliphatic rings. The summed E-state index contributed by atoms with van der Waals surface area (Å²) in [5.41, 5.74) is 0. The molecule has 0 bridgehead atoms. The highest BCUT2D eigenvalue weighted by Gasteiger charge is 2.17. The number of likely N-dealkylation sites (N-methyl/N-ethyl adjacent to an activating group) is 1. The zero-order valence-electron chi connectivity index (χ0n) is 11.3. The molecule has 1 N–H and O–H groups in total. The maximum atomic E-state index is 3.44. The van der Waals surface area contributed by atoms with Crippen molar-refractivity contribution in [2.24, 2.45) is 0 Å². The van der Waals surface area contributed by atoms with Crippen LogP contribution in [-0.2, 0) is 0 Å². The maximum absolute atomic E-state index is 3.44. The van der Waals surface area contributed by atoms with Gasteiger partial charge in [0.2, 0.25) is 0 Å². The van der Waals surface area contributed by atoms with Crippen LogP contribution in [-0.4, -0.2) is 37.6 Å². The lowest BCUT2D eigenvalue weighted by atomic mass is 10.1. The van der Waals surface area contributed by atoms with Gasteiger partial charge in [0.05, 0.1) is 0 Å². The topological polar surface area (TPSA) is 15.3 Å². The standard InChI is InChI=1S/C14H30N2/c1-3-4-5-6-7-8-9-12-16(2)14-10-11-15-13-14/h14-15H,3-13H2,1-2H3. The van der Waals surface area contributed by atoms with E-state index in [1.165, 1.54) is 71.0 Å². The first kappa shape index (κ1) is 14.0. The highest BCUT2D eigenvalue weighted by Crippen LogP contribution is 2.10. The van der Waals surface area contributed by atoms with Gasteiger partial charge in [0.25, 0.3) is 0 Å². The van der Waals surface area contributed by atoms with Crippen molar-refractivity contribution in [2.45, 2.75) is 64.3 Å². The first-order chi connectivity index (χ1) is 7.84. The lowest BCUT2D eigenvalue weighted by molar-refractivity contribution is 0.251. The minimum Gasteiger partial charge on any atom is -0.315 e. The summed E-state index contributed by atoms with van der Waals surface area (Å²) >= 11 is 0. The Labute approximate surface area is 102 Å². The van der Waals surface area contributed by atoms with Crippen molar-refractivity contribution >= 4 is 0 Å². The summed E-state index contributed by atoms with van der Waals surface area (Å²) in [6.07, 6.45) is 11.3. The van der Waals surface area contributed by atoms with Gasteiger partial charge in [-0.3, -0.25) is 0 Å². The summed E-state index contributed by atoms with van der Waals surface area (Å²) in [5, 5.41) is 3.44. The molecule has 0 radical (unpaired) electrons. The Bertz CT molecular complexity index is 153. The second kappa shape index (κ2) is 9.00. The second-order valence-corrected chi connectivity index (χ2v) is 5.25. The summed E-state index contributed by atoms with van der Waals surface area (Å²) in [5.74, 6) is 0. The number of hydrogen-bond acceptors (Lipinski definition) is 2. The average Bonchev–Trinajstić information content (AvgIpc) is 2.81. The van der Waals surface area contributed by atoms with Crippen LogP contribution in [0.4, 0.5) is 0 Å². The SMILES string of the molecule is CCCCCCCCCN(C)C1CCNC1. The lowest BCUT2D eigenvalue weighted by Crippen LogP contribution is -2.34.